The van der Waals surface area contributed by atoms with Gasteiger partial charge in [-0.15, -0.1) is 0 Å². The van der Waals surface area contributed by atoms with E-state index in [-0.39, 0.29) is 6.04 Å². The Hall–Kier alpha value is -0.900. The minimum atomic E-state index is 0.237. The van der Waals surface area contributed by atoms with Crippen LogP contribution in [0.4, 0.5) is 0 Å². The summed E-state index contributed by atoms with van der Waals surface area (Å²) in [4.78, 5) is 2.50. The third-order valence-corrected chi connectivity index (χ3v) is 3.65. The van der Waals surface area contributed by atoms with Gasteiger partial charge in [-0.2, -0.15) is 0 Å². The van der Waals surface area contributed by atoms with Gasteiger partial charge in [-0.05, 0) is 24.5 Å². The van der Waals surface area contributed by atoms with Crippen LogP contribution >= 0.6 is 0 Å². The summed E-state index contributed by atoms with van der Waals surface area (Å²) in [6.45, 7) is 8.43. The van der Waals surface area contributed by atoms with E-state index in [0.717, 1.165) is 32.6 Å². The maximum atomic E-state index is 5.95. The summed E-state index contributed by atoms with van der Waals surface area (Å²) < 4.78 is 0. The molecule has 1 heterocycles. The molecule has 2 unspecified atom stereocenters. The lowest BCUT2D eigenvalue weighted by molar-refractivity contribution is 0.155. The molecular weight excluding hydrogens is 222 g/mol. The summed E-state index contributed by atoms with van der Waals surface area (Å²) in [6, 6.07) is 9.73. The third kappa shape index (κ3) is 3.31. The van der Waals surface area contributed by atoms with Crippen LogP contribution in [0, 0.1) is 0 Å². The maximum Gasteiger partial charge on any atom is 0.0473 e. The van der Waals surface area contributed by atoms with Crippen molar-refractivity contribution < 1.29 is 0 Å². The van der Waals surface area contributed by atoms with Gasteiger partial charge in [0.2, 0.25) is 0 Å². The molecule has 3 N–H and O–H groups in total. The van der Waals surface area contributed by atoms with Crippen molar-refractivity contribution >= 4 is 0 Å². The van der Waals surface area contributed by atoms with E-state index in [0.29, 0.717) is 6.04 Å². The van der Waals surface area contributed by atoms with Crippen molar-refractivity contribution in [3.8, 4) is 0 Å². The highest BCUT2D eigenvalue weighted by Crippen LogP contribution is 2.22. The van der Waals surface area contributed by atoms with Crippen molar-refractivity contribution in [3.63, 3.8) is 0 Å². The van der Waals surface area contributed by atoms with Gasteiger partial charge in [0.25, 0.3) is 0 Å². The number of hydrogen-bond donors (Lipinski definition) is 2. The van der Waals surface area contributed by atoms with Crippen molar-refractivity contribution in [3.05, 3.63) is 35.4 Å². The van der Waals surface area contributed by atoms with Crippen LogP contribution in [0.25, 0.3) is 0 Å². The van der Waals surface area contributed by atoms with Crippen LogP contribution in [0.2, 0.25) is 0 Å². The normalized spacial score (nSPS) is 22.9. The Labute approximate surface area is 110 Å². The number of benzene rings is 1. The van der Waals surface area contributed by atoms with Gasteiger partial charge in [0.15, 0.2) is 0 Å². The number of nitrogens with zero attached hydrogens (tertiary/aromatic N) is 1. The predicted molar refractivity (Wildman–Crippen MR) is 76.7 cm³/mol. The second-order valence-corrected chi connectivity index (χ2v) is 5.29. The van der Waals surface area contributed by atoms with E-state index in [1.165, 1.54) is 11.1 Å². The maximum absolute atomic E-state index is 5.95. The molecule has 1 saturated heterocycles. The van der Waals surface area contributed by atoms with Gasteiger partial charge >= 0.3 is 0 Å². The summed E-state index contributed by atoms with van der Waals surface area (Å²) in [7, 11) is 0. The smallest absolute Gasteiger partial charge is 0.0473 e. The second-order valence-electron chi connectivity index (χ2n) is 5.29. The van der Waals surface area contributed by atoms with Crippen LogP contribution in [0.3, 0.4) is 0 Å². The third-order valence-electron chi connectivity index (χ3n) is 3.65. The van der Waals surface area contributed by atoms with E-state index in [4.69, 9.17) is 5.73 Å². The molecule has 1 aliphatic rings. The second kappa shape index (κ2) is 6.32. The minimum absolute atomic E-state index is 0.237. The zero-order chi connectivity index (χ0) is 13.0. The van der Waals surface area contributed by atoms with E-state index in [1.807, 2.05) is 0 Å². The van der Waals surface area contributed by atoms with Crippen LogP contribution in [0.1, 0.15) is 31.0 Å². The molecule has 0 amide bonds. The fourth-order valence-electron chi connectivity index (χ4n) is 2.64. The SMILES string of the molecule is CCc1ccc(C2CNCCN2CC(C)N)cc1. The summed E-state index contributed by atoms with van der Waals surface area (Å²) in [5.41, 5.74) is 8.75. The van der Waals surface area contributed by atoms with Crippen LogP contribution in [0.15, 0.2) is 24.3 Å². The van der Waals surface area contributed by atoms with Gasteiger partial charge in [-0.3, -0.25) is 4.90 Å². The lowest BCUT2D eigenvalue weighted by Crippen LogP contribution is -2.49. The summed E-state index contributed by atoms with van der Waals surface area (Å²) >= 11 is 0. The average molecular weight is 247 g/mol. The highest BCUT2D eigenvalue weighted by Gasteiger charge is 2.23. The van der Waals surface area contributed by atoms with Crippen molar-refractivity contribution in [2.45, 2.75) is 32.4 Å². The van der Waals surface area contributed by atoms with Gasteiger partial charge in [0, 0.05) is 38.3 Å². The fourth-order valence-corrected chi connectivity index (χ4v) is 2.64. The summed E-state index contributed by atoms with van der Waals surface area (Å²) in [5, 5.41) is 3.48. The number of hydrogen-bond acceptors (Lipinski definition) is 3. The number of nitrogens with one attached hydrogen (secondary N) is 1. The lowest BCUT2D eigenvalue weighted by atomic mass is 10.0. The largest absolute Gasteiger partial charge is 0.327 e. The number of piperazine rings is 1. The van der Waals surface area contributed by atoms with Crippen molar-refractivity contribution in [2.75, 3.05) is 26.2 Å². The molecule has 2 rings (SSSR count). The standard InChI is InChI=1S/C15H25N3/c1-3-13-4-6-14(7-5-13)15-10-17-8-9-18(15)11-12(2)16/h4-7,12,15,17H,3,8-11,16H2,1-2H3. The highest BCUT2D eigenvalue weighted by molar-refractivity contribution is 5.25. The predicted octanol–water partition coefficient (Wildman–Crippen LogP) is 1.54. The minimum Gasteiger partial charge on any atom is -0.327 e. The average Bonchev–Trinajstić information content (AvgIpc) is 2.39. The van der Waals surface area contributed by atoms with Crippen molar-refractivity contribution in [2.24, 2.45) is 5.73 Å². The van der Waals surface area contributed by atoms with E-state index in [1.54, 1.807) is 0 Å². The Bertz CT molecular complexity index is 359. The molecule has 1 aromatic rings. The summed E-state index contributed by atoms with van der Waals surface area (Å²) in [5.74, 6) is 0. The quantitative estimate of drug-likeness (QED) is 0.848. The van der Waals surface area contributed by atoms with E-state index in [9.17, 15) is 0 Å². The Morgan fingerprint density at radius 2 is 2.11 bits per heavy atom. The molecule has 100 valence electrons. The van der Waals surface area contributed by atoms with Gasteiger partial charge in [-0.25, -0.2) is 0 Å². The lowest BCUT2D eigenvalue weighted by Gasteiger charge is -2.37. The van der Waals surface area contributed by atoms with E-state index in [2.05, 4.69) is 48.3 Å². The van der Waals surface area contributed by atoms with Crippen LogP contribution in [-0.4, -0.2) is 37.1 Å². The Morgan fingerprint density at radius 3 is 2.72 bits per heavy atom. The molecule has 2 atom stereocenters. The molecular formula is C15H25N3. The Morgan fingerprint density at radius 1 is 1.39 bits per heavy atom. The Kier molecular flexibility index (Phi) is 4.75. The fraction of sp³-hybridized carbons (Fsp3) is 0.600. The van der Waals surface area contributed by atoms with Gasteiger partial charge in [0.05, 0.1) is 0 Å². The molecule has 0 radical (unpaired) electrons. The van der Waals surface area contributed by atoms with Gasteiger partial charge < -0.3 is 11.1 Å². The first-order valence-electron chi connectivity index (χ1n) is 7.00. The van der Waals surface area contributed by atoms with Crippen LogP contribution in [0.5, 0.6) is 0 Å². The molecule has 0 aromatic heterocycles. The number of nitrogens with two attached hydrogens (primary N) is 1. The zero-order valence-corrected chi connectivity index (χ0v) is 11.5. The van der Waals surface area contributed by atoms with Crippen LogP contribution in [-0.2, 0) is 6.42 Å². The first-order chi connectivity index (χ1) is 8.70. The molecule has 1 fully saturated rings. The first-order valence-corrected chi connectivity index (χ1v) is 7.00. The zero-order valence-electron chi connectivity index (χ0n) is 11.5. The van der Waals surface area contributed by atoms with E-state index >= 15 is 0 Å². The van der Waals surface area contributed by atoms with Crippen LogP contribution < -0.4 is 11.1 Å². The molecule has 3 nitrogen and oxygen atoms in total. The number of aryl methyl sites for hydroxylation is 1. The topological polar surface area (TPSA) is 41.3 Å². The van der Waals surface area contributed by atoms with Gasteiger partial charge in [0.1, 0.15) is 0 Å². The van der Waals surface area contributed by atoms with Gasteiger partial charge in [-0.1, -0.05) is 31.2 Å². The molecule has 1 aromatic carbocycles. The molecule has 0 saturated carbocycles. The monoisotopic (exact) mass is 247 g/mol. The van der Waals surface area contributed by atoms with Crippen molar-refractivity contribution in [1.82, 2.24) is 10.2 Å². The molecule has 0 bridgehead atoms. The highest BCUT2D eigenvalue weighted by atomic mass is 15.2. The summed E-state index contributed by atoms with van der Waals surface area (Å²) in [6.07, 6.45) is 1.10. The molecule has 0 aliphatic carbocycles. The molecule has 3 heteroatoms. The van der Waals surface area contributed by atoms with E-state index < -0.39 is 0 Å². The Balaban J connectivity index is 2.11. The number of rotatable bonds is 4. The molecule has 18 heavy (non-hydrogen) atoms. The molecule has 1 aliphatic heterocycles. The molecule has 0 spiro atoms. The van der Waals surface area contributed by atoms with Crippen molar-refractivity contribution in [1.29, 1.82) is 0 Å². The first kappa shape index (κ1) is 13.5.